The number of benzene rings is 1. The van der Waals surface area contributed by atoms with Crippen molar-refractivity contribution in [3.05, 3.63) is 60.0 Å². The summed E-state index contributed by atoms with van der Waals surface area (Å²) in [5.74, 6) is 5.93. The summed E-state index contributed by atoms with van der Waals surface area (Å²) in [6.45, 7) is 4.22. The van der Waals surface area contributed by atoms with Crippen molar-refractivity contribution in [3.8, 4) is 23.7 Å². The second-order valence-corrected chi connectivity index (χ2v) is 12.0. The molecule has 14 nitrogen and oxygen atoms in total. The molecule has 1 N–H and O–H groups in total. The highest BCUT2D eigenvalue weighted by Gasteiger charge is 2.51. The van der Waals surface area contributed by atoms with Crippen LogP contribution >= 0.6 is 0 Å². The number of furan rings is 1. The zero-order valence-electron chi connectivity index (χ0n) is 26.5. The minimum absolute atomic E-state index is 0.108. The molecule has 3 aliphatic rings. The molecule has 14 heteroatoms. The zero-order chi connectivity index (χ0) is 33.0. The van der Waals surface area contributed by atoms with Gasteiger partial charge in [0.1, 0.15) is 35.5 Å². The van der Waals surface area contributed by atoms with E-state index in [1.54, 1.807) is 15.8 Å². The Kier molecular flexibility index (Phi) is 7.23. The van der Waals surface area contributed by atoms with Crippen molar-refractivity contribution in [2.45, 2.75) is 31.1 Å². The van der Waals surface area contributed by atoms with Crippen molar-refractivity contribution in [1.82, 2.24) is 24.7 Å². The van der Waals surface area contributed by atoms with Crippen LogP contribution in [0, 0.1) is 11.8 Å². The van der Waals surface area contributed by atoms with Crippen LogP contribution in [0.15, 0.2) is 53.2 Å². The Balaban J connectivity index is 1.17. The van der Waals surface area contributed by atoms with E-state index < -0.39 is 23.7 Å². The summed E-state index contributed by atoms with van der Waals surface area (Å²) < 4.78 is 33.7. The number of carboxylic acid groups (broad SMARTS) is 1. The molecule has 48 heavy (non-hydrogen) atoms. The highest BCUT2D eigenvalue weighted by molar-refractivity contribution is 6.06. The van der Waals surface area contributed by atoms with Crippen molar-refractivity contribution < 1.29 is 37.8 Å². The van der Waals surface area contributed by atoms with Crippen LogP contribution < -0.4 is 14.4 Å². The fraction of sp³-hybridized carbons (Fsp3) is 0.353. The summed E-state index contributed by atoms with van der Waals surface area (Å²) in [5.41, 5.74) is 4.05. The number of rotatable bonds is 6. The van der Waals surface area contributed by atoms with Crippen LogP contribution in [0.2, 0.25) is 0 Å². The molecule has 0 saturated carbocycles. The van der Waals surface area contributed by atoms with Gasteiger partial charge >= 0.3 is 12.0 Å². The van der Waals surface area contributed by atoms with Crippen LogP contribution in [-0.2, 0) is 21.3 Å². The molecule has 244 valence electrons. The maximum Gasteiger partial charge on any atom is 0.326 e. The van der Waals surface area contributed by atoms with E-state index in [1.165, 1.54) is 7.11 Å². The molecule has 0 aliphatic carbocycles. The lowest BCUT2D eigenvalue weighted by Gasteiger charge is -2.41. The van der Waals surface area contributed by atoms with E-state index >= 15 is 0 Å². The molecule has 3 aliphatic heterocycles. The summed E-state index contributed by atoms with van der Waals surface area (Å²) in [6.07, 6.45) is 3.12. The number of ether oxygens (including phenoxy) is 4. The van der Waals surface area contributed by atoms with E-state index in [1.807, 2.05) is 56.6 Å². The number of para-hydroxylation sites is 1. The van der Waals surface area contributed by atoms with Gasteiger partial charge < -0.3 is 33.4 Å². The molecule has 4 aromatic heterocycles. The number of fused-ring (bicyclic) bond motifs is 3. The third-order valence-electron chi connectivity index (χ3n) is 9.06. The lowest BCUT2D eigenvalue weighted by molar-refractivity contribution is -0.473. The van der Waals surface area contributed by atoms with Gasteiger partial charge in [-0.05, 0) is 24.1 Å². The van der Waals surface area contributed by atoms with Crippen molar-refractivity contribution in [3.63, 3.8) is 0 Å². The Morgan fingerprint density at radius 1 is 1.19 bits per heavy atom. The van der Waals surface area contributed by atoms with E-state index in [9.17, 15) is 9.90 Å². The monoisotopic (exact) mass is 650 g/mol. The van der Waals surface area contributed by atoms with Gasteiger partial charge in [-0.15, -0.1) is 0 Å². The van der Waals surface area contributed by atoms with Gasteiger partial charge in [-0.25, -0.2) is 9.78 Å². The predicted molar refractivity (Wildman–Crippen MR) is 172 cm³/mol. The Labute approximate surface area is 274 Å². The molecular formula is C34H32N7O7+. The van der Waals surface area contributed by atoms with Crippen molar-refractivity contribution >= 4 is 45.3 Å². The van der Waals surface area contributed by atoms with Gasteiger partial charge in [-0.3, -0.25) is 4.68 Å². The number of hydrogen-bond acceptors (Lipinski definition) is 11. The van der Waals surface area contributed by atoms with Crippen LogP contribution in [0.25, 0.3) is 22.1 Å². The molecule has 2 atom stereocenters. The van der Waals surface area contributed by atoms with E-state index in [-0.39, 0.29) is 19.0 Å². The maximum atomic E-state index is 12.7. The normalized spacial score (nSPS) is 20.2. The Morgan fingerprint density at radius 3 is 2.79 bits per heavy atom. The smallest absolute Gasteiger partial charge is 0.326 e. The molecule has 1 spiro atoms. The predicted octanol–water partition coefficient (Wildman–Crippen LogP) is 2.93. The number of anilines is 1. The van der Waals surface area contributed by atoms with Crippen LogP contribution in [-0.4, -0.2) is 104 Å². The number of carboxylic acids is 1. The summed E-state index contributed by atoms with van der Waals surface area (Å²) in [5, 5.41) is 15.5. The molecule has 0 amide bonds. The van der Waals surface area contributed by atoms with Gasteiger partial charge in [0, 0.05) is 44.2 Å². The van der Waals surface area contributed by atoms with Gasteiger partial charge in [0.25, 0.3) is 11.6 Å². The lowest BCUT2D eigenvalue weighted by atomic mass is 9.94. The van der Waals surface area contributed by atoms with Crippen LogP contribution in [0.5, 0.6) is 11.9 Å². The fourth-order valence-electron chi connectivity index (χ4n) is 6.49. The summed E-state index contributed by atoms with van der Waals surface area (Å²) in [6, 6.07) is 10.4. The largest absolute Gasteiger partial charge is 0.480 e. The number of nitrogens with zero attached hydrogens (tertiary/aromatic N) is 7. The molecule has 8 rings (SSSR count). The van der Waals surface area contributed by atoms with Crippen molar-refractivity contribution in [2.24, 2.45) is 7.05 Å². The third kappa shape index (κ3) is 5.08. The number of aryl methyl sites for hydroxylation is 1. The fourth-order valence-corrected chi connectivity index (χ4v) is 6.49. The van der Waals surface area contributed by atoms with Crippen molar-refractivity contribution in [2.75, 3.05) is 44.9 Å². The quantitative estimate of drug-likeness (QED) is 0.213. The van der Waals surface area contributed by atoms with Gasteiger partial charge in [-0.1, -0.05) is 18.1 Å². The van der Waals surface area contributed by atoms with E-state index in [0.717, 1.165) is 11.1 Å². The minimum atomic E-state index is -1.01. The second-order valence-electron chi connectivity index (χ2n) is 12.0. The molecule has 0 bridgehead atoms. The van der Waals surface area contributed by atoms with Gasteiger partial charge in [0.2, 0.25) is 0 Å². The highest BCUT2D eigenvalue weighted by atomic mass is 16.6. The van der Waals surface area contributed by atoms with E-state index in [2.05, 4.69) is 31.5 Å². The van der Waals surface area contributed by atoms with Crippen LogP contribution in [0.3, 0.4) is 0 Å². The zero-order valence-corrected chi connectivity index (χ0v) is 26.5. The summed E-state index contributed by atoms with van der Waals surface area (Å²) in [7, 11) is 3.31. The standard InChI is InChI=1S/C34H31N7O7/c1-20-34(18-45-19-34)46-13-12-40(20)25-14-21(8-9-22-10-11-39(2)38-22)16-35-31(25)47-23-15-26(32(42)43)41(17-23)30-29-28(36-33(37-30)44-3)24-6-4-5-7-27(24)48-29/h4-7,10-11,14,16,23,26H,12-13,15,17-19H2,1-3H3/p+1/t23-,26-/m0/s1. The molecule has 0 radical (unpaired) electrons. The second kappa shape index (κ2) is 11.6. The Morgan fingerprint density at radius 2 is 2.04 bits per heavy atom. The molecule has 5 aromatic rings. The van der Waals surface area contributed by atoms with E-state index in [0.29, 0.717) is 71.7 Å². The van der Waals surface area contributed by atoms with E-state index in [4.69, 9.17) is 28.3 Å². The summed E-state index contributed by atoms with van der Waals surface area (Å²) >= 11 is 0. The first-order chi connectivity index (χ1) is 23.3. The molecule has 2 fully saturated rings. The number of pyridine rings is 1. The first kappa shape index (κ1) is 29.9. The van der Waals surface area contributed by atoms with Gasteiger partial charge in [-0.2, -0.15) is 19.6 Å². The highest BCUT2D eigenvalue weighted by Crippen LogP contribution is 2.39. The number of aromatic nitrogens is 5. The first-order valence-electron chi connectivity index (χ1n) is 15.6. The number of carbonyl (C=O) groups is 1. The molecular weight excluding hydrogens is 618 g/mol. The number of aliphatic carboxylic acids is 1. The lowest BCUT2D eigenvalue weighted by Crippen LogP contribution is -2.62. The van der Waals surface area contributed by atoms with Gasteiger partial charge in [0.15, 0.2) is 29.3 Å². The maximum absolute atomic E-state index is 12.7. The molecule has 7 heterocycles. The number of hydrogen-bond donors (Lipinski definition) is 1. The average molecular weight is 651 g/mol. The first-order valence-corrected chi connectivity index (χ1v) is 15.6. The molecule has 1 aromatic carbocycles. The van der Waals surface area contributed by atoms with Gasteiger partial charge in [0.05, 0.1) is 32.4 Å². The average Bonchev–Trinajstić information content (AvgIpc) is 3.80. The Hall–Kier alpha value is -5.52. The topological polar surface area (TPSA) is 150 Å². The Bertz CT molecular complexity index is 2170. The summed E-state index contributed by atoms with van der Waals surface area (Å²) in [4.78, 5) is 28.2. The number of methoxy groups -OCH3 is 1. The third-order valence-corrected chi connectivity index (χ3v) is 9.06. The van der Waals surface area contributed by atoms with Crippen LogP contribution in [0.4, 0.5) is 11.5 Å². The van der Waals surface area contributed by atoms with Crippen molar-refractivity contribution in [1.29, 1.82) is 0 Å². The minimum Gasteiger partial charge on any atom is -0.480 e. The molecule has 0 unspecified atom stereocenters. The SMILES string of the molecule is COc1nc(N2C[C@@H](Oc3ncc(C#Cc4ccn(C)n4)cc3[N+]3=C(C)C4(COC4)OCC3)C[C@H]2C(=O)O)c2oc3ccccc3c2n1. The molecule has 2 saturated heterocycles. The van der Waals surface area contributed by atoms with Crippen LogP contribution in [0.1, 0.15) is 24.6 Å².